The van der Waals surface area contributed by atoms with Crippen LogP contribution in [0.4, 0.5) is 5.69 Å². The Morgan fingerprint density at radius 2 is 2.18 bits per heavy atom. The Labute approximate surface area is 167 Å². The Balaban J connectivity index is 1.83. The van der Waals surface area contributed by atoms with Crippen LogP contribution in [0, 0.1) is 17.8 Å². The predicted octanol–water partition coefficient (Wildman–Crippen LogP) is 3.88. The quantitative estimate of drug-likeness (QED) is 0.706. The lowest BCUT2D eigenvalue weighted by molar-refractivity contribution is -0.175. The summed E-state index contributed by atoms with van der Waals surface area (Å²) in [7, 11) is 0. The first kappa shape index (κ1) is 20.8. The smallest absolute Gasteiger partial charge is 0.290 e. The van der Waals surface area contributed by atoms with Crippen LogP contribution in [0.25, 0.3) is 0 Å². The minimum absolute atomic E-state index is 0.158. The molecule has 0 aromatic carbocycles. The van der Waals surface area contributed by atoms with Crippen LogP contribution >= 0.6 is 0 Å². The molecule has 1 aromatic rings. The van der Waals surface area contributed by atoms with Gasteiger partial charge in [0.15, 0.2) is 5.76 Å². The van der Waals surface area contributed by atoms with E-state index in [2.05, 4.69) is 10.3 Å². The third-order valence-corrected chi connectivity index (χ3v) is 5.79. The number of aliphatic hydroxyl groups is 1. The number of aliphatic hydroxyl groups excluding tert-OH is 1. The van der Waals surface area contributed by atoms with Crippen LogP contribution in [0.5, 0.6) is 0 Å². The van der Waals surface area contributed by atoms with E-state index in [1.54, 1.807) is 24.5 Å². The van der Waals surface area contributed by atoms with E-state index in [9.17, 15) is 9.90 Å². The molecular formula is C22H32N2O4. The van der Waals surface area contributed by atoms with Crippen molar-refractivity contribution in [3.8, 4) is 0 Å². The zero-order valence-corrected chi connectivity index (χ0v) is 16.7. The number of hydrogen-bond acceptors (Lipinski definition) is 5. The number of amides is 1. The molecule has 154 valence electrons. The van der Waals surface area contributed by atoms with Crippen LogP contribution in [-0.2, 0) is 14.3 Å². The van der Waals surface area contributed by atoms with Crippen LogP contribution in [0.1, 0.15) is 51.9 Å². The molecule has 0 radical (unpaired) electrons. The monoisotopic (exact) mass is 388 g/mol. The van der Waals surface area contributed by atoms with Gasteiger partial charge < -0.3 is 19.9 Å². The lowest BCUT2D eigenvalue weighted by Gasteiger charge is -2.41. The summed E-state index contributed by atoms with van der Waals surface area (Å²) in [5.74, 6) is 0.986. The largest absolute Gasteiger partial charge is 0.459 e. The van der Waals surface area contributed by atoms with Crippen molar-refractivity contribution in [2.75, 3.05) is 18.5 Å². The van der Waals surface area contributed by atoms with Gasteiger partial charge in [-0.15, -0.1) is 0 Å². The van der Waals surface area contributed by atoms with Crippen LogP contribution in [-0.4, -0.2) is 35.5 Å². The number of nitrogens with one attached hydrogen (secondary N) is 1. The number of pyridine rings is 1. The Hall–Kier alpha value is -1.92. The van der Waals surface area contributed by atoms with E-state index < -0.39 is 6.29 Å². The molecule has 1 amide bonds. The second kappa shape index (κ2) is 10.6. The summed E-state index contributed by atoms with van der Waals surface area (Å²) in [5.41, 5.74) is 0.640. The lowest BCUT2D eigenvalue weighted by atomic mass is 9.71. The average molecular weight is 389 g/mol. The Morgan fingerprint density at radius 1 is 1.36 bits per heavy atom. The molecule has 1 aliphatic carbocycles. The van der Waals surface area contributed by atoms with Crippen molar-refractivity contribution < 1.29 is 19.4 Å². The number of carbonyl (C=O) groups is 1. The van der Waals surface area contributed by atoms with Crippen molar-refractivity contribution >= 4 is 11.6 Å². The standard InChI is InChI=1S/C22H32N2O4/c1-2-27-22-18(11-7-13-25)19(16-8-4-3-5-9-16)14-20(28-22)21(26)24-17-10-6-12-23-15-17/h6,10,12,14-16,18-19,22,25H,2-5,7-9,11,13H2,1H3,(H,24,26)/t18-,19+,22+/m1/s1. The summed E-state index contributed by atoms with van der Waals surface area (Å²) in [6.07, 6.45) is 12.5. The van der Waals surface area contributed by atoms with E-state index in [4.69, 9.17) is 9.47 Å². The number of rotatable bonds is 8. The van der Waals surface area contributed by atoms with Gasteiger partial charge in [0.05, 0.1) is 11.9 Å². The Morgan fingerprint density at radius 3 is 2.86 bits per heavy atom. The third-order valence-electron chi connectivity index (χ3n) is 5.79. The highest BCUT2D eigenvalue weighted by Crippen LogP contribution is 2.42. The van der Waals surface area contributed by atoms with Gasteiger partial charge in [0.2, 0.25) is 6.29 Å². The molecule has 6 heteroatoms. The third kappa shape index (κ3) is 5.32. The molecule has 2 N–H and O–H groups in total. The maximum atomic E-state index is 12.8. The summed E-state index contributed by atoms with van der Waals surface area (Å²) in [4.78, 5) is 16.9. The molecular weight excluding hydrogens is 356 g/mol. The number of anilines is 1. The van der Waals surface area contributed by atoms with Crippen molar-refractivity contribution in [3.05, 3.63) is 36.4 Å². The molecule has 1 aliphatic heterocycles. The summed E-state index contributed by atoms with van der Waals surface area (Å²) in [6, 6.07) is 3.58. The highest BCUT2D eigenvalue weighted by atomic mass is 16.7. The van der Waals surface area contributed by atoms with Crippen LogP contribution in [0.3, 0.4) is 0 Å². The molecule has 0 bridgehead atoms. The van der Waals surface area contributed by atoms with Gasteiger partial charge in [-0.25, -0.2) is 0 Å². The number of nitrogens with zero attached hydrogens (tertiary/aromatic N) is 1. The summed E-state index contributed by atoms with van der Waals surface area (Å²) < 4.78 is 11.9. The summed E-state index contributed by atoms with van der Waals surface area (Å²) in [5, 5.41) is 12.2. The molecule has 0 unspecified atom stereocenters. The van der Waals surface area contributed by atoms with Gasteiger partial charge in [0.1, 0.15) is 0 Å². The van der Waals surface area contributed by atoms with Gasteiger partial charge in [-0.05, 0) is 62.7 Å². The normalized spacial score (nSPS) is 25.6. The summed E-state index contributed by atoms with van der Waals surface area (Å²) in [6.45, 7) is 2.62. The number of ether oxygens (including phenoxy) is 2. The first-order chi connectivity index (χ1) is 13.7. The first-order valence-electron chi connectivity index (χ1n) is 10.5. The molecule has 0 spiro atoms. The van der Waals surface area contributed by atoms with Gasteiger partial charge in [-0.1, -0.05) is 19.3 Å². The minimum Gasteiger partial charge on any atom is -0.459 e. The summed E-state index contributed by atoms with van der Waals surface area (Å²) >= 11 is 0. The Bertz CT molecular complexity index is 643. The van der Waals surface area contributed by atoms with Gasteiger partial charge in [0.25, 0.3) is 5.91 Å². The van der Waals surface area contributed by atoms with Crippen molar-refractivity contribution in [3.63, 3.8) is 0 Å². The van der Waals surface area contributed by atoms with Gasteiger partial charge in [0, 0.05) is 25.3 Å². The number of carbonyl (C=O) groups excluding carboxylic acids is 1. The lowest BCUT2D eigenvalue weighted by Crippen LogP contribution is -2.41. The predicted molar refractivity (Wildman–Crippen MR) is 107 cm³/mol. The molecule has 1 saturated carbocycles. The van der Waals surface area contributed by atoms with Crippen molar-refractivity contribution in [2.24, 2.45) is 17.8 Å². The zero-order chi connectivity index (χ0) is 19.8. The first-order valence-corrected chi connectivity index (χ1v) is 10.5. The van der Waals surface area contributed by atoms with Gasteiger partial charge >= 0.3 is 0 Å². The number of allylic oxidation sites excluding steroid dienone is 1. The van der Waals surface area contributed by atoms with E-state index in [-0.39, 0.29) is 24.3 Å². The van der Waals surface area contributed by atoms with Crippen molar-refractivity contribution in [2.45, 2.75) is 58.2 Å². The van der Waals surface area contributed by atoms with Gasteiger partial charge in [-0.2, -0.15) is 0 Å². The fourth-order valence-corrected chi connectivity index (χ4v) is 4.47. The van der Waals surface area contributed by atoms with Crippen LogP contribution in [0.2, 0.25) is 0 Å². The molecule has 0 saturated heterocycles. The molecule has 3 atom stereocenters. The highest BCUT2D eigenvalue weighted by molar-refractivity contribution is 6.02. The maximum absolute atomic E-state index is 12.8. The fraction of sp³-hybridized carbons (Fsp3) is 0.636. The molecule has 2 heterocycles. The van der Waals surface area contributed by atoms with E-state index in [0.29, 0.717) is 30.4 Å². The second-order valence-electron chi connectivity index (χ2n) is 7.67. The van der Waals surface area contributed by atoms with E-state index >= 15 is 0 Å². The van der Waals surface area contributed by atoms with Crippen LogP contribution < -0.4 is 5.32 Å². The zero-order valence-electron chi connectivity index (χ0n) is 16.7. The number of aromatic nitrogens is 1. The topological polar surface area (TPSA) is 80.7 Å². The van der Waals surface area contributed by atoms with E-state index in [1.165, 1.54) is 32.1 Å². The molecule has 2 aliphatic rings. The highest BCUT2D eigenvalue weighted by Gasteiger charge is 2.40. The number of hydrogen-bond donors (Lipinski definition) is 2. The molecule has 3 rings (SSSR count). The fourth-order valence-electron chi connectivity index (χ4n) is 4.47. The molecule has 28 heavy (non-hydrogen) atoms. The minimum atomic E-state index is -0.455. The SMILES string of the molecule is CCO[C@H]1OC(C(=O)Nc2cccnc2)=C[C@@H](C2CCCCC2)[C@H]1CCCO. The van der Waals surface area contributed by atoms with Crippen molar-refractivity contribution in [1.29, 1.82) is 0 Å². The van der Waals surface area contributed by atoms with Crippen LogP contribution in [0.15, 0.2) is 36.4 Å². The molecule has 1 aromatic heterocycles. The Kier molecular flexibility index (Phi) is 7.86. The maximum Gasteiger partial charge on any atom is 0.290 e. The molecule has 1 fully saturated rings. The second-order valence-corrected chi connectivity index (χ2v) is 7.67. The average Bonchev–Trinajstić information content (AvgIpc) is 2.74. The van der Waals surface area contributed by atoms with E-state index in [1.807, 2.05) is 13.0 Å². The van der Waals surface area contributed by atoms with Gasteiger partial charge in [-0.3, -0.25) is 9.78 Å². The molecule has 6 nitrogen and oxygen atoms in total. The van der Waals surface area contributed by atoms with Crippen molar-refractivity contribution in [1.82, 2.24) is 4.98 Å². The van der Waals surface area contributed by atoms with E-state index in [0.717, 1.165) is 6.42 Å².